The van der Waals surface area contributed by atoms with Crippen LogP contribution in [0.3, 0.4) is 0 Å². The molecule has 1 aromatic heterocycles. The maximum Gasteiger partial charge on any atom is 0.271 e. The van der Waals surface area contributed by atoms with Gasteiger partial charge in [0.2, 0.25) is 5.88 Å². The van der Waals surface area contributed by atoms with Crippen molar-refractivity contribution < 1.29 is 9.53 Å². The van der Waals surface area contributed by atoms with Crippen molar-refractivity contribution in [2.24, 2.45) is 0 Å². The average molecular weight is 379 g/mol. The first-order valence-electron chi connectivity index (χ1n) is 9.51. The number of pyridine rings is 1. The van der Waals surface area contributed by atoms with Gasteiger partial charge in [0.25, 0.3) is 5.91 Å². The number of hydrogen-bond donors (Lipinski definition) is 2. The molecule has 7 nitrogen and oxygen atoms in total. The first kappa shape index (κ1) is 18.3. The Morgan fingerprint density at radius 3 is 2.71 bits per heavy atom. The first-order chi connectivity index (χ1) is 13.7. The molecule has 0 spiro atoms. The number of aromatic nitrogens is 1. The number of ether oxygens (including phenoxy) is 1. The largest absolute Gasteiger partial charge is 0.481 e. The zero-order valence-electron chi connectivity index (χ0n) is 16.1. The van der Waals surface area contributed by atoms with Crippen LogP contribution >= 0.6 is 0 Å². The second kappa shape index (κ2) is 7.90. The Hall–Kier alpha value is -3.06. The topological polar surface area (TPSA) is 69.7 Å². The summed E-state index contributed by atoms with van der Waals surface area (Å²) in [6, 6.07) is 14.0. The number of benzene rings is 1. The third-order valence-electron chi connectivity index (χ3n) is 5.17. The Bertz CT molecular complexity index is 853. The lowest BCUT2D eigenvalue weighted by Gasteiger charge is -2.34. The van der Waals surface area contributed by atoms with Gasteiger partial charge >= 0.3 is 0 Å². The minimum atomic E-state index is -0.210. The lowest BCUT2D eigenvalue weighted by Crippen LogP contribution is -2.53. The summed E-state index contributed by atoms with van der Waals surface area (Å²) in [7, 11) is 1.60. The fourth-order valence-corrected chi connectivity index (χ4v) is 3.62. The number of para-hydroxylation sites is 1. The van der Waals surface area contributed by atoms with Crippen molar-refractivity contribution in [1.82, 2.24) is 20.5 Å². The Morgan fingerprint density at radius 1 is 1.21 bits per heavy atom. The number of carbonyl (C=O) groups is 1. The number of nitrogens with one attached hydrogen (secondary N) is 2. The Morgan fingerprint density at radius 2 is 2.04 bits per heavy atom. The van der Waals surface area contributed by atoms with Crippen LogP contribution in [0.4, 0.5) is 5.69 Å². The van der Waals surface area contributed by atoms with Gasteiger partial charge in [0.1, 0.15) is 11.9 Å². The number of anilines is 1. The second-order valence-corrected chi connectivity index (χ2v) is 7.02. The highest BCUT2D eigenvalue weighted by Gasteiger charge is 2.33. The normalized spacial score (nSPS) is 21.9. The predicted octanol–water partition coefficient (Wildman–Crippen LogP) is 1.86. The molecule has 2 N–H and O–H groups in total. The lowest BCUT2D eigenvalue weighted by molar-refractivity contribution is -0.130. The zero-order chi connectivity index (χ0) is 19.5. The summed E-state index contributed by atoms with van der Waals surface area (Å²) in [5.74, 6) is 0.589. The molecular formula is C21H25N5O2. The van der Waals surface area contributed by atoms with Gasteiger partial charge in [0.15, 0.2) is 0 Å². The zero-order valence-corrected chi connectivity index (χ0v) is 16.1. The van der Waals surface area contributed by atoms with Gasteiger partial charge in [-0.3, -0.25) is 4.79 Å². The molecule has 28 heavy (non-hydrogen) atoms. The molecule has 1 aromatic carbocycles. The standard InChI is InChI=1S/C21H25N5O2/c1-15-12-22-10-11-25(15)21(27)18-14-26(17-6-4-3-5-7-17)20(24-18)16-8-9-19(28-2)23-13-16/h3-9,13-15,20,22,24H,10-12H2,1-2H3. The summed E-state index contributed by atoms with van der Waals surface area (Å²) in [5, 5.41) is 6.73. The fraction of sp³-hybridized carbons (Fsp3) is 0.333. The molecule has 1 fully saturated rings. The highest BCUT2D eigenvalue weighted by molar-refractivity contribution is 5.94. The van der Waals surface area contributed by atoms with Crippen molar-refractivity contribution in [3.8, 4) is 5.88 Å². The van der Waals surface area contributed by atoms with Crippen molar-refractivity contribution in [2.45, 2.75) is 19.1 Å². The molecule has 2 aliphatic rings. The van der Waals surface area contributed by atoms with Gasteiger partial charge in [-0.15, -0.1) is 0 Å². The molecule has 0 bridgehead atoms. The minimum Gasteiger partial charge on any atom is -0.481 e. The highest BCUT2D eigenvalue weighted by Crippen LogP contribution is 2.32. The van der Waals surface area contributed by atoms with Crippen molar-refractivity contribution in [3.63, 3.8) is 0 Å². The van der Waals surface area contributed by atoms with Gasteiger partial charge in [-0.2, -0.15) is 0 Å². The smallest absolute Gasteiger partial charge is 0.271 e. The van der Waals surface area contributed by atoms with Gasteiger partial charge < -0.3 is 25.2 Å². The monoisotopic (exact) mass is 379 g/mol. The molecule has 4 rings (SSSR count). The Labute approximate surface area is 165 Å². The molecule has 7 heteroatoms. The van der Waals surface area contributed by atoms with E-state index in [1.807, 2.05) is 53.6 Å². The second-order valence-electron chi connectivity index (χ2n) is 7.02. The van der Waals surface area contributed by atoms with Crippen LogP contribution in [-0.4, -0.2) is 48.6 Å². The van der Waals surface area contributed by atoms with E-state index in [2.05, 4.69) is 27.4 Å². The number of piperazine rings is 1. The maximum atomic E-state index is 13.2. The molecule has 1 saturated heterocycles. The van der Waals surface area contributed by atoms with Crippen LogP contribution in [0.1, 0.15) is 18.7 Å². The van der Waals surface area contributed by atoms with E-state index in [0.29, 0.717) is 18.1 Å². The Balaban J connectivity index is 1.64. The van der Waals surface area contributed by atoms with Crippen LogP contribution in [0.15, 0.2) is 60.6 Å². The van der Waals surface area contributed by atoms with E-state index in [1.54, 1.807) is 13.3 Å². The summed E-state index contributed by atoms with van der Waals surface area (Å²) < 4.78 is 5.17. The number of amides is 1. The number of methoxy groups -OCH3 is 1. The van der Waals surface area contributed by atoms with Crippen LogP contribution in [0.2, 0.25) is 0 Å². The first-order valence-corrected chi connectivity index (χ1v) is 9.51. The van der Waals surface area contributed by atoms with Gasteiger partial charge in [0, 0.05) is 55.4 Å². The molecule has 146 valence electrons. The van der Waals surface area contributed by atoms with E-state index in [0.717, 1.165) is 24.3 Å². The van der Waals surface area contributed by atoms with Crippen LogP contribution in [0, 0.1) is 0 Å². The van der Waals surface area contributed by atoms with Crippen molar-refractivity contribution >= 4 is 11.6 Å². The molecule has 2 atom stereocenters. The summed E-state index contributed by atoms with van der Waals surface area (Å²) in [4.78, 5) is 21.5. The minimum absolute atomic E-state index is 0.0268. The molecule has 2 aromatic rings. The maximum absolute atomic E-state index is 13.2. The quantitative estimate of drug-likeness (QED) is 0.845. The SMILES string of the molecule is COc1ccc(C2NC(C(=O)N3CCNCC3C)=CN2c2ccccc2)cn1. The number of carbonyl (C=O) groups excluding carboxylic acids is 1. The van der Waals surface area contributed by atoms with E-state index >= 15 is 0 Å². The molecule has 0 radical (unpaired) electrons. The number of rotatable bonds is 4. The van der Waals surface area contributed by atoms with Gasteiger partial charge in [-0.25, -0.2) is 4.98 Å². The summed E-state index contributed by atoms with van der Waals surface area (Å²) in [6.45, 7) is 4.41. The van der Waals surface area contributed by atoms with Crippen LogP contribution in [0.5, 0.6) is 5.88 Å². The van der Waals surface area contributed by atoms with E-state index in [9.17, 15) is 4.79 Å². The molecule has 3 heterocycles. The predicted molar refractivity (Wildman–Crippen MR) is 108 cm³/mol. The van der Waals surface area contributed by atoms with Crippen molar-refractivity contribution in [2.75, 3.05) is 31.6 Å². The molecule has 0 aliphatic carbocycles. The van der Waals surface area contributed by atoms with Gasteiger partial charge in [-0.1, -0.05) is 18.2 Å². The van der Waals surface area contributed by atoms with E-state index in [4.69, 9.17) is 4.74 Å². The molecule has 0 saturated carbocycles. The van der Waals surface area contributed by atoms with Crippen LogP contribution < -0.4 is 20.3 Å². The fourth-order valence-electron chi connectivity index (χ4n) is 3.62. The Kier molecular flexibility index (Phi) is 5.16. The van der Waals surface area contributed by atoms with Crippen molar-refractivity contribution in [3.05, 3.63) is 66.1 Å². The third kappa shape index (κ3) is 3.53. The van der Waals surface area contributed by atoms with Gasteiger partial charge in [0.05, 0.1) is 7.11 Å². The summed E-state index contributed by atoms with van der Waals surface area (Å²) >= 11 is 0. The highest BCUT2D eigenvalue weighted by atomic mass is 16.5. The molecule has 2 aliphatic heterocycles. The summed E-state index contributed by atoms with van der Waals surface area (Å²) in [5.41, 5.74) is 2.56. The molecule has 2 unspecified atom stereocenters. The van der Waals surface area contributed by atoms with Crippen LogP contribution in [0.25, 0.3) is 0 Å². The molecular weight excluding hydrogens is 354 g/mol. The summed E-state index contributed by atoms with van der Waals surface area (Å²) in [6.07, 6.45) is 3.47. The van der Waals surface area contributed by atoms with Crippen LogP contribution in [-0.2, 0) is 4.79 Å². The number of nitrogens with zero attached hydrogens (tertiary/aromatic N) is 3. The van der Waals surface area contributed by atoms with E-state index in [1.165, 1.54) is 0 Å². The average Bonchev–Trinajstić information content (AvgIpc) is 3.20. The number of hydrogen-bond acceptors (Lipinski definition) is 6. The van der Waals surface area contributed by atoms with E-state index < -0.39 is 0 Å². The van der Waals surface area contributed by atoms with Gasteiger partial charge in [-0.05, 0) is 25.1 Å². The lowest BCUT2D eigenvalue weighted by atomic mass is 10.2. The molecule has 1 amide bonds. The van der Waals surface area contributed by atoms with E-state index in [-0.39, 0.29) is 18.1 Å². The third-order valence-corrected chi connectivity index (χ3v) is 5.17. The van der Waals surface area contributed by atoms with Crippen molar-refractivity contribution in [1.29, 1.82) is 0 Å².